The van der Waals surface area contributed by atoms with E-state index in [1.165, 1.54) is 0 Å². The second kappa shape index (κ2) is 5.93. The summed E-state index contributed by atoms with van der Waals surface area (Å²) in [5.41, 5.74) is 7.51. The number of primary amides is 1. The van der Waals surface area contributed by atoms with Gasteiger partial charge in [0.25, 0.3) is 0 Å². The average Bonchev–Trinajstić information content (AvgIpc) is 2.82. The molecule has 19 heavy (non-hydrogen) atoms. The van der Waals surface area contributed by atoms with Crippen LogP contribution in [0.1, 0.15) is 10.4 Å². The summed E-state index contributed by atoms with van der Waals surface area (Å²) in [4.78, 5) is 11.3. The number of aryl methyl sites for hydroxylation is 1. The van der Waals surface area contributed by atoms with Gasteiger partial charge in [-0.1, -0.05) is 0 Å². The Balaban J connectivity index is 2.50. The van der Waals surface area contributed by atoms with Crippen molar-refractivity contribution in [2.75, 3.05) is 6.61 Å². The molecule has 100 valence electrons. The first-order valence-corrected chi connectivity index (χ1v) is 7.60. The molecule has 2 N–H and O–H groups in total. The summed E-state index contributed by atoms with van der Waals surface area (Å²) >= 11 is 1.62. The number of hydrogen-bond acceptors (Lipinski definition) is 3. The zero-order chi connectivity index (χ0) is 13.8. The number of carbonyl (C=O) groups is 1. The Morgan fingerprint density at radius 2 is 2.26 bits per heavy atom. The molecule has 1 aromatic heterocycles. The van der Waals surface area contributed by atoms with Crippen LogP contribution in [0, 0.1) is 0 Å². The molecule has 0 spiro atoms. The number of carbonyl (C=O) groups excluding carboxylic acids is 1. The van der Waals surface area contributed by atoms with Crippen molar-refractivity contribution in [2.45, 2.75) is 5.21 Å². The second-order valence-electron chi connectivity index (χ2n) is 4.05. The summed E-state index contributed by atoms with van der Waals surface area (Å²) in [7, 11) is 1.85. The van der Waals surface area contributed by atoms with E-state index < -0.39 is 5.91 Å². The van der Waals surface area contributed by atoms with Crippen LogP contribution < -0.4 is 10.5 Å². The maximum absolute atomic E-state index is 11.3. The number of nitrogens with two attached hydrogens (primary N) is 1. The van der Waals surface area contributed by atoms with Gasteiger partial charge in [0.2, 0.25) is 0 Å². The fraction of sp³-hybridized carbons (Fsp3) is 0.231. The van der Waals surface area contributed by atoms with Crippen molar-refractivity contribution in [2.24, 2.45) is 12.8 Å². The van der Waals surface area contributed by atoms with Crippen LogP contribution in [0.3, 0.4) is 0 Å². The molecule has 0 saturated carbocycles. The Bertz CT molecular complexity index is 595. The molecule has 0 radical (unpaired) electrons. The molecule has 0 saturated heterocycles. The van der Waals surface area contributed by atoms with Gasteiger partial charge in [-0.05, 0) is 0 Å². The maximum atomic E-state index is 11.3. The van der Waals surface area contributed by atoms with E-state index in [4.69, 9.17) is 10.5 Å². The topological polar surface area (TPSA) is 70.1 Å². The van der Waals surface area contributed by atoms with Crippen molar-refractivity contribution in [1.29, 1.82) is 0 Å². The van der Waals surface area contributed by atoms with Crippen LogP contribution in [-0.4, -0.2) is 39.1 Å². The van der Waals surface area contributed by atoms with Gasteiger partial charge in [-0.3, -0.25) is 0 Å². The molecule has 1 heterocycles. The van der Waals surface area contributed by atoms with E-state index in [9.17, 15) is 4.79 Å². The van der Waals surface area contributed by atoms with Gasteiger partial charge in [-0.2, -0.15) is 0 Å². The molecule has 0 aliphatic heterocycles. The summed E-state index contributed by atoms with van der Waals surface area (Å²) in [6, 6.07) is 7.09. The average molecular weight is 321 g/mol. The molecule has 2 aromatic rings. The van der Waals surface area contributed by atoms with Gasteiger partial charge in [-0.15, -0.1) is 0 Å². The van der Waals surface area contributed by atoms with Crippen LogP contribution >= 0.6 is 0 Å². The van der Waals surface area contributed by atoms with Gasteiger partial charge >= 0.3 is 120 Å². The van der Waals surface area contributed by atoms with Gasteiger partial charge in [-0.25, -0.2) is 0 Å². The van der Waals surface area contributed by atoms with Crippen LogP contribution in [0.25, 0.3) is 11.3 Å². The first kappa shape index (κ1) is 13.7. The quantitative estimate of drug-likeness (QED) is 0.821. The third kappa shape index (κ3) is 2.99. The van der Waals surface area contributed by atoms with Crippen molar-refractivity contribution in [3.8, 4) is 17.0 Å². The molecule has 2 rings (SSSR count). The minimum absolute atomic E-state index is 0.450. The Hall–Kier alpha value is -1.74. The summed E-state index contributed by atoms with van der Waals surface area (Å²) in [6.45, 7) is 0.654. The fourth-order valence-corrected chi connectivity index (χ4v) is 2.06. The number of aromatic nitrogens is 2. The van der Waals surface area contributed by atoms with Crippen LogP contribution in [0.4, 0.5) is 0 Å². The third-order valence-corrected chi connectivity index (χ3v) is 3.23. The predicted molar refractivity (Wildman–Crippen MR) is 76.0 cm³/mol. The van der Waals surface area contributed by atoms with Crippen molar-refractivity contribution in [3.05, 3.63) is 36.0 Å². The van der Waals surface area contributed by atoms with Crippen LogP contribution in [0.2, 0.25) is 5.21 Å². The van der Waals surface area contributed by atoms with Crippen LogP contribution in [-0.2, 0) is 7.05 Å². The monoisotopic (exact) mass is 321 g/mol. The Kier molecular flexibility index (Phi) is 4.27. The minimum atomic E-state index is -0.450. The van der Waals surface area contributed by atoms with E-state index in [1.54, 1.807) is 45.9 Å². The fourth-order valence-electron chi connectivity index (χ4n) is 1.82. The number of nitrogens with zero attached hydrogens (tertiary/aromatic N) is 2. The zero-order valence-electron chi connectivity index (χ0n) is 10.7. The first-order valence-electron chi connectivity index (χ1n) is 5.88. The number of benzene rings is 1. The molecule has 0 aliphatic rings. The number of rotatable bonds is 5. The molecule has 1 amide bonds. The zero-order valence-corrected chi connectivity index (χ0v) is 13.1. The van der Waals surface area contributed by atoms with Crippen molar-refractivity contribution in [3.63, 3.8) is 0 Å². The van der Waals surface area contributed by atoms with E-state index in [1.807, 2.05) is 13.1 Å². The van der Waals surface area contributed by atoms with Gasteiger partial charge in [0.1, 0.15) is 0 Å². The Labute approximate surface area is 120 Å². The standard InChI is InChI=1S/C13H16AsN3O2/c1-17-11(4-6-16-17)10-8-9(13(15)18)2-3-12(10)19-7-5-14/h2-4,6,8H,5,7,14H2,1H3,(H2,15,18). The van der Waals surface area contributed by atoms with Gasteiger partial charge < -0.3 is 0 Å². The molecule has 1 atom stereocenters. The van der Waals surface area contributed by atoms with Crippen LogP contribution in [0.5, 0.6) is 5.75 Å². The third-order valence-electron chi connectivity index (χ3n) is 2.74. The van der Waals surface area contributed by atoms with Crippen molar-refractivity contribution >= 4 is 22.8 Å². The number of ether oxygens (including phenoxy) is 1. The van der Waals surface area contributed by atoms with E-state index in [0.717, 1.165) is 22.2 Å². The predicted octanol–water partition coefficient (Wildman–Crippen LogP) is 0.616. The Morgan fingerprint density at radius 3 is 2.84 bits per heavy atom. The molecule has 0 aliphatic carbocycles. The number of amides is 1. The molecule has 0 bridgehead atoms. The second-order valence-corrected chi connectivity index (χ2v) is 5.26. The first-order chi connectivity index (χ1) is 9.13. The van der Waals surface area contributed by atoms with Crippen molar-refractivity contribution in [1.82, 2.24) is 9.78 Å². The summed E-state index contributed by atoms with van der Waals surface area (Å²) < 4.78 is 7.46. The normalized spacial score (nSPS) is 10.4. The molecule has 1 aromatic carbocycles. The van der Waals surface area contributed by atoms with E-state index in [-0.39, 0.29) is 0 Å². The molecule has 0 fully saturated rings. The summed E-state index contributed by atoms with van der Waals surface area (Å²) in [5, 5.41) is 5.12. The molecule has 6 heteroatoms. The van der Waals surface area contributed by atoms with E-state index in [0.29, 0.717) is 12.2 Å². The van der Waals surface area contributed by atoms with Crippen molar-refractivity contribution < 1.29 is 9.53 Å². The summed E-state index contributed by atoms with van der Waals surface area (Å²) in [6.07, 6.45) is 1.71. The summed E-state index contributed by atoms with van der Waals surface area (Å²) in [5.74, 6) is 0.292. The SMILES string of the molecule is Cn1nccc1-c1cc(C(N)=O)ccc1OCC[AsH2]. The van der Waals surface area contributed by atoms with Gasteiger partial charge in [0, 0.05) is 0 Å². The Morgan fingerprint density at radius 1 is 1.47 bits per heavy atom. The van der Waals surface area contributed by atoms with Gasteiger partial charge in [0.05, 0.1) is 0 Å². The molecule has 1 unspecified atom stereocenters. The number of hydrogen-bond donors (Lipinski definition) is 1. The molecular weight excluding hydrogens is 305 g/mol. The van der Waals surface area contributed by atoms with E-state index in [2.05, 4.69) is 5.10 Å². The molecule has 5 nitrogen and oxygen atoms in total. The molecular formula is C13H16AsN3O2. The van der Waals surface area contributed by atoms with E-state index >= 15 is 0 Å². The van der Waals surface area contributed by atoms with Gasteiger partial charge in [0.15, 0.2) is 0 Å². The van der Waals surface area contributed by atoms with Crippen LogP contribution in [0.15, 0.2) is 30.5 Å².